The van der Waals surface area contributed by atoms with Crippen LogP contribution < -0.4 is 0 Å². The molecule has 0 aliphatic carbocycles. The Bertz CT molecular complexity index is 288. The SMILES string of the molecule is BrC(Br)=CCc1ccccc1Br. The lowest BCUT2D eigenvalue weighted by molar-refractivity contribution is 1.25. The summed E-state index contributed by atoms with van der Waals surface area (Å²) in [7, 11) is 0. The van der Waals surface area contributed by atoms with E-state index in [0.29, 0.717) is 0 Å². The molecular formula is C9H7Br3. The van der Waals surface area contributed by atoms with Gasteiger partial charge in [-0.3, -0.25) is 0 Å². The van der Waals surface area contributed by atoms with Crippen LogP contribution in [0.3, 0.4) is 0 Å². The molecule has 0 bridgehead atoms. The van der Waals surface area contributed by atoms with E-state index in [1.807, 2.05) is 18.2 Å². The molecule has 0 atom stereocenters. The number of rotatable bonds is 2. The first-order valence-electron chi connectivity index (χ1n) is 3.44. The molecule has 0 nitrogen and oxygen atoms in total. The van der Waals surface area contributed by atoms with E-state index in [9.17, 15) is 0 Å². The monoisotopic (exact) mass is 352 g/mol. The molecule has 0 aliphatic rings. The molecule has 1 aromatic rings. The molecule has 0 saturated carbocycles. The van der Waals surface area contributed by atoms with Crippen molar-refractivity contribution in [2.24, 2.45) is 0 Å². The third-order valence-electron chi connectivity index (χ3n) is 1.43. The second-order valence-corrected chi connectivity index (χ2v) is 5.92. The molecule has 0 radical (unpaired) electrons. The van der Waals surface area contributed by atoms with Crippen molar-refractivity contribution in [2.75, 3.05) is 0 Å². The average Bonchev–Trinajstić information content (AvgIpc) is 2.03. The summed E-state index contributed by atoms with van der Waals surface area (Å²) in [6.07, 6.45) is 2.99. The number of hydrogen-bond donors (Lipinski definition) is 0. The van der Waals surface area contributed by atoms with Gasteiger partial charge in [-0.25, -0.2) is 0 Å². The molecule has 1 aromatic carbocycles. The Morgan fingerprint density at radius 2 is 1.92 bits per heavy atom. The van der Waals surface area contributed by atoms with E-state index in [-0.39, 0.29) is 0 Å². The van der Waals surface area contributed by atoms with Crippen LogP contribution in [0.2, 0.25) is 0 Å². The second-order valence-electron chi connectivity index (χ2n) is 2.29. The van der Waals surface area contributed by atoms with Crippen molar-refractivity contribution in [2.45, 2.75) is 6.42 Å². The first-order valence-corrected chi connectivity index (χ1v) is 5.82. The fraction of sp³-hybridized carbons (Fsp3) is 0.111. The van der Waals surface area contributed by atoms with Crippen molar-refractivity contribution in [3.8, 4) is 0 Å². The lowest BCUT2D eigenvalue weighted by Crippen LogP contribution is -1.81. The maximum absolute atomic E-state index is 3.49. The van der Waals surface area contributed by atoms with Crippen LogP contribution in [-0.4, -0.2) is 0 Å². The number of benzene rings is 1. The van der Waals surface area contributed by atoms with Crippen molar-refractivity contribution in [1.82, 2.24) is 0 Å². The van der Waals surface area contributed by atoms with E-state index < -0.39 is 0 Å². The maximum Gasteiger partial charge on any atom is 0.0567 e. The fourth-order valence-electron chi connectivity index (χ4n) is 0.851. The Morgan fingerprint density at radius 1 is 1.25 bits per heavy atom. The fourth-order valence-corrected chi connectivity index (χ4v) is 1.62. The van der Waals surface area contributed by atoms with Gasteiger partial charge in [0, 0.05) is 4.47 Å². The molecular weight excluding hydrogens is 348 g/mol. The molecule has 0 spiro atoms. The Kier molecular flexibility index (Phi) is 4.54. The molecule has 0 saturated heterocycles. The highest BCUT2D eigenvalue weighted by Gasteiger charge is 1.95. The summed E-state index contributed by atoms with van der Waals surface area (Å²) in [6, 6.07) is 8.20. The van der Waals surface area contributed by atoms with Crippen LogP contribution in [0.4, 0.5) is 0 Å². The summed E-state index contributed by atoms with van der Waals surface area (Å²) in [5, 5.41) is 0. The Balaban J connectivity index is 2.76. The minimum atomic E-state index is 0.924. The van der Waals surface area contributed by atoms with Gasteiger partial charge in [0.2, 0.25) is 0 Å². The molecule has 0 aromatic heterocycles. The molecule has 0 heterocycles. The third-order valence-corrected chi connectivity index (χ3v) is 2.86. The van der Waals surface area contributed by atoms with Crippen LogP contribution >= 0.6 is 47.8 Å². The largest absolute Gasteiger partial charge is 0.0619 e. The third kappa shape index (κ3) is 3.42. The van der Waals surface area contributed by atoms with Gasteiger partial charge in [-0.1, -0.05) is 40.2 Å². The van der Waals surface area contributed by atoms with Gasteiger partial charge in [-0.05, 0) is 49.9 Å². The zero-order chi connectivity index (χ0) is 8.97. The van der Waals surface area contributed by atoms with Crippen LogP contribution in [0.1, 0.15) is 5.56 Å². The quantitative estimate of drug-likeness (QED) is 0.726. The first kappa shape index (κ1) is 10.5. The van der Waals surface area contributed by atoms with Gasteiger partial charge in [0.15, 0.2) is 0 Å². The lowest BCUT2D eigenvalue weighted by atomic mass is 10.2. The smallest absolute Gasteiger partial charge is 0.0567 e. The van der Waals surface area contributed by atoms with Crippen molar-refractivity contribution < 1.29 is 0 Å². The first-order chi connectivity index (χ1) is 5.70. The Morgan fingerprint density at radius 3 is 2.50 bits per heavy atom. The highest BCUT2D eigenvalue weighted by atomic mass is 79.9. The van der Waals surface area contributed by atoms with Gasteiger partial charge in [0.05, 0.1) is 3.39 Å². The van der Waals surface area contributed by atoms with Crippen molar-refractivity contribution in [3.63, 3.8) is 0 Å². The molecule has 3 heteroatoms. The molecule has 0 fully saturated rings. The predicted octanol–water partition coefficient (Wildman–Crippen LogP) is 4.62. The van der Waals surface area contributed by atoms with E-state index >= 15 is 0 Å². The van der Waals surface area contributed by atoms with Gasteiger partial charge < -0.3 is 0 Å². The Labute approximate surface area is 97.4 Å². The molecule has 0 aliphatic heterocycles. The van der Waals surface area contributed by atoms with Crippen molar-refractivity contribution in [3.05, 3.63) is 43.8 Å². The molecule has 12 heavy (non-hydrogen) atoms. The average molecular weight is 355 g/mol. The zero-order valence-electron chi connectivity index (χ0n) is 6.23. The Hall–Kier alpha value is 0.400. The summed E-state index contributed by atoms with van der Waals surface area (Å²) >= 11 is 10.1. The highest BCUT2D eigenvalue weighted by Crippen LogP contribution is 2.19. The second kappa shape index (κ2) is 5.20. The minimum Gasteiger partial charge on any atom is -0.0619 e. The van der Waals surface area contributed by atoms with Crippen LogP contribution in [-0.2, 0) is 6.42 Å². The summed E-state index contributed by atoms with van der Waals surface area (Å²) in [4.78, 5) is 0. The van der Waals surface area contributed by atoms with Crippen molar-refractivity contribution >= 4 is 47.8 Å². The van der Waals surface area contributed by atoms with Crippen LogP contribution in [0.15, 0.2) is 38.2 Å². The van der Waals surface area contributed by atoms with E-state index in [2.05, 4.69) is 59.9 Å². The van der Waals surface area contributed by atoms with E-state index in [1.165, 1.54) is 5.56 Å². The number of halogens is 3. The predicted molar refractivity (Wildman–Crippen MR) is 63.8 cm³/mol. The van der Waals surface area contributed by atoms with Gasteiger partial charge in [0.1, 0.15) is 0 Å². The minimum absolute atomic E-state index is 0.924. The summed E-state index contributed by atoms with van der Waals surface area (Å²) in [5.74, 6) is 0. The van der Waals surface area contributed by atoms with Gasteiger partial charge in [0.25, 0.3) is 0 Å². The normalized spacial score (nSPS) is 9.58. The topological polar surface area (TPSA) is 0 Å². The molecule has 0 unspecified atom stereocenters. The van der Waals surface area contributed by atoms with Gasteiger partial charge in [-0.15, -0.1) is 0 Å². The molecule has 64 valence electrons. The van der Waals surface area contributed by atoms with E-state index in [1.54, 1.807) is 0 Å². The molecule has 0 amide bonds. The number of hydrogen-bond acceptors (Lipinski definition) is 0. The van der Waals surface area contributed by atoms with E-state index in [4.69, 9.17) is 0 Å². The zero-order valence-corrected chi connectivity index (χ0v) is 11.0. The maximum atomic E-state index is 3.49. The van der Waals surface area contributed by atoms with Crippen LogP contribution in [0.25, 0.3) is 0 Å². The summed E-state index contributed by atoms with van der Waals surface area (Å²) < 4.78 is 2.15. The lowest BCUT2D eigenvalue weighted by Gasteiger charge is -1.98. The van der Waals surface area contributed by atoms with Crippen molar-refractivity contribution in [1.29, 1.82) is 0 Å². The summed E-state index contributed by atoms with van der Waals surface area (Å²) in [5.41, 5.74) is 1.29. The van der Waals surface area contributed by atoms with Gasteiger partial charge in [-0.2, -0.15) is 0 Å². The number of allylic oxidation sites excluding steroid dienone is 1. The standard InChI is InChI=1S/C9H7Br3/c10-8-4-2-1-3-7(8)5-6-9(11)12/h1-4,6H,5H2. The van der Waals surface area contributed by atoms with Gasteiger partial charge >= 0.3 is 0 Å². The van der Waals surface area contributed by atoms with Crippen LogP contribution in [0, 0.1) is 0 Å². The molecule has 1 rings (SSSR count). The molecule has 0 N–H and O–H groups in total. The highest BCUT2D eigenvalue weighted by molar-refractivity contribution is 9.28. The van der Waals surface area contributed by atoms with Crippen LogP contribution in [0.5, 0.6) is 0 Å². The summed E-state index contributed by atoms with van der Waals surface area (Å²) in [6.45, 7) is 0. The van der Waals surface area contributed by atoms with E-state index in [0.717, 1.165) is 14.3 Å².